The first-order valence-corrected chi connectivity index (χ1v) is 10.6. The van der Waals surface area contributed by atoms with Gasteiger partial charge in [-0.1, -0.05) is 18.2 Å². The summed E-state index contributed by atoms with van der Waals surface area (Å²) in [6.07, 6.45) is -3.50. The van der Waals surface area contributed by atoms with E-state index in [2.05, 4.69) is 9.80 Å². The number of halogens is 4. The zero-order valence-corrected chi connectivity index (χ0v) is 18.8. The van der Waals surface area contributed by atoms with Gasteiger partial charge in [0.25, 0.3) is 0 Å². The Balaban J connectivity index is 0.00000306. The van der Waals surface area contributed by atoms with Gasteiger partial charge in [0, 0.05) is 56.8 Å². The molecule has 1 saturated heterocycles. The highest BCUT2D eigenvalue weighted by Crippen LogP contribution is 2.32. The summed E-state index contributed by atoms with van der Waals surface area (Å²) >= 11 is 0. The van der Waals surface area contributed by atoms with E-state index in [0.717, 1.165) is 50.6 Å². The van der Waals surface area contributed by atoms with Crippen molar-refractivity contribution < 1.29 is 22.3 Å². The molecule has 0 spiro atoms. The quantitative estimate of drug-likeness (QED) is 0.357. The summed E-state index contributed by atoms with van der Waals surface area (Å²) in [5.41, 5.74) is -0.116. The fourth-order valence-corrected chi connectivity index (χ4v) is 3.96. The lowest BCUT2D eigenvalue weighted by Crippen LogP contribution is -2.46. The first-order chi connectivity index (χ1) is 15.4. The summed E-state index contributed by atoms with van der Waals surface area (Å²) in [7, 11) is 0. The van der Waals surface area contributed by atoms with E-state index in [1.807, 2.05) is 12.1 Å². The fourth-order valence-electron chi connectivity index (χ4n) is 3.96. The molecule has 0 bridgehead atoms. The molecule has 1 aliphatic heterocycles. The summed E-state index contributed by atoms with van der Waals surface area (Å²) in [6.45, 7) is 4.79. The number of nitrogens with zero attached hydrogens (tertiary/aromatic N) is 2. The van der Waals surface area contributed by atoms with Crippen LogP contribution in [0.3, 0.4) is 0 Å². The van der Waals surface area contributed by atoms with Crippen molar-refractivity contribution in [3.8, 4) is 5.75 Å². The van der Waals surface area contributed by atoms with Crippen molar-refractivity contribution in [3.05, 3.63) is 76.1 Å². The Hall–Kier alpha value is -2.55. The van der Waals surface area contributed by atoms with Crippen LogP contribution in [0.15, 0.2) is 63.8 Å². The standard InChI is InChI=1S/C24H25F3N2O3.ClH/c25-24(26,27)21-5-2-1-4-19(21)17-29-13-11-28(12-14-29)10-3-15-31-20-8-6-18-7-9-23(30)32-22(18)16-20;/h1-2,4-9,16H,3,10-15,17H2;1H. The van der Waals surface area contributed by atoms with Gasteiger partial charge in [0.2, 0.25) is 0 Å². The summed E-state index contributed by atoms with van der Waals surface area (Å²) in [5, 5.41) is 0.840. The number of ether oxygens (including phenoxy) is 1. The lowest BCUT2D eigenvalue weighted by atomic mass is 10.1. The van der Waals surface area contributed by atoms with E-state index in [1.165, 1.54) is 12.1 Å². The summed E-state index contributed by atoms with van der Waals surface area (Å²) in [4.78, 5) is 15.7. The molecule has 178 valence electrons. The van der Waals surface area contributed by atoms with Gasteiger partial charge in [-0.05, 0) is 36.2 Å². The van der Waals surface area contributed by atoms with Gasteiger partial charge < -0.3 is 14.1 Å². The minimum absolute atomic E-state index is 0. The highest BCUT2D eigenvalue weighted by Gasteiger charge is 2.33. The molecule has 33 heavy (non-hydrogen) atoms. The van der Waals surface area contributed by atoms with Crippen LogP contribution in [0.4, 0.5) is 13.2 Å². The van der Waals surface area contributed by atoms with Gasteiger partial charge in [-0.3, -0.25) is 4.90 Å². The number of hydrogen-bond acceptors (Lipinski definition) is 5. The van der Waals surface area contributed by atoms with Crippen molar-refractivity contribution >= 4 is 23.4 Å². The first-order valence-electron chi connectivity index (χ1n) is 10.6. The highest BCUT2D eigenvalue weighted by atomic mass is 35.5. The van der Waals surface area contributed by atoms with Crippen LogP contribution in [0.1, 0.15) is 17.5 Å². The Kier molecular flexibility index (Phi) is 8.40. The van der Waals surface area contributed by atoms with Crippen molar-refractivity contribution in [1.82, 2.24) is 9.80 Å². The molecule has 1 aliphatic rings. The number of fused-ring (bicyclic) bond motifs is 1. The third-order valence-corrected chi connectivity index (χ3v) is 5.66. The molecule has 4 rings (SSSR count). The van der Waals surface area contributed by atoms with Crippen molar-refractivity contribution in [3.63, 3.8) is 0 Å². The molecule has 1 aromatic heterocycles. The zero-order chi connectivity index (χ0) is 22.6. The highest BCUT2D eigenvalue weighted by molar-refractivity contribution is 5.85. The smallest absolute Gasteiger partial charge is 0.416 e. The largest absolute Gasteiger partial charge is 0.493 e. The van der Waals surface area contributed by atoms with Gasteiger partial charge in [0.05, 0.1) is 12.2 Å². The van der Waals surface area contributed by atoms with Crippen molar-refractivity contribution in [2.75, 3.05) is 39.3 Å². The molecular formula is C24H26ClF3N2O3. The molecule has 0 aliphatic carbocycles. The normalized spacial score (nSPS) is 15.4. The van der Waals surface area contributed by atoms with E-state index >= 15 is 0 Å². The van der Waals surface area contributed by atoms with E-state index in [4.69, 9.17) is 9.15 Å². The Labute approximate surface area is 196 Å². The second-order valence-corrected chi connectivity index (χ2v) is 7.93. The number of benzene rings is 2. The summed E-state index contributed by atoms with van der Waals surface area (Å²) in [6, 6.07) is 14.3. The molecule has 0 atom stereocenters. The topological polar surface area (TPSA) is 45.9 Å². The van der Waals surface area contributed by atoms with Crippen LogP contribution in [0.5, 0.6) is 5.75 Å². The van der Waals surface area contributed by atoms with E-state index in [1.54, 1.807) is 24.3 Å². The van der Waals surface area contributed by atoms with E-state index in [0.29, 0.717) is 30.0 Å². The van der Waals surface area contributed by atoms with Crippen LogP contribution in [-0.2, 0) is 12.7 Å². The first kappa shape index (κ1) is 25.1. The molecule has 2 heterocycles. The molecule has 2 aromatic carbocycles. The molecule has 5 nitrogen and oxygen atoms in total. The molecule has 0 amide bonds. The van der Waals surface area contributed by atoms with Gasteiger partial charge in [-0.25, -0.2) is 4.79 Å². The predicted molar refractivity (Wildman–Crippen MR) is 123 cm³/mol. The number of piperazine rings is 1. The average molecular weight is 483 g/mol. The minimum Gasteiger partial charge on any atom is -0.493 e. The number of hydrogen-bond donors (Lipinski definition) is 0. The van der Waals surface area contributed by atoms with Crippen molar-refractivity contribution in [2.24, 2.45) is 0 Å². The van der Waals surface area contributed by atoms with Gasteiger partial charge in [-0.15, -0.1) is 12.4 Å². The lowest BCUT2D eigenvalue weighted by Gasteiger charge is -2.35. The summed E-state index contributed by atoms with van der Waals surface area (Å²) < 4.78 is 50.5. The van der Waals surface area contributed by atoms with Crippen molar-refractivity contribution in [1.29, 1.82) is 0 Å². The second kappa shape index (κ2) is 11.0. The number of alkyl halides is 3. The average Bonchev–Trinajstić information content (AvgIpc) is 2.77. The third-order valence-electron chi connectivity index (χ3n) is 5.66. The van der Waals surface area contributed by atoms with Crippen LogP contribution in [0.2, 0.25) is 0 Å². The molecule has 0 unspecified atom stereocenters. The zero-order valence-electron chi connectivity index (χ0n) is 18.0. The van der Waals surface area contributed by atoms with Gasteiger partial charge in [0.1, 0.15) is 11.3 Å². The van der Waals surface area contributed by atoms with Gasteiger partial charge >= 0.3 is 11.8 Å². The van der Waals surface area contributed by atoms with Crippen LogP contribution >= 0.6 is 12.4 Å². The minimum atomic E-state index is -4.32. The van der Waals surface area contributed by atoms with E-state index in [-0.39, 0.29) is 12.4 Å². The molecule has 0 saturated carbocycles. The molecule has 1 fully saturated rings. The van der Waals surface area contributed by atoms with Crippen molar-refractivity contribution in [2.45, 2.75) is 19.1 Å². The Morgan fingerprint density at radius 2 is 1.64 bits per heavy atom. The molecule has 9 heteroatoms. The van der Waals surface area contributed by atoms with E-state index in [9.17, 15) is 18.0 Å². The van der Waals surface area contributed by atoms with Crippen LogP contribution < -0.4 is 10.4 Å². The molecular weight excluding hydrogens is 457 g/mol. The molecule has 0 radical (unpaired) electrons. The monoisotopic (exact) mass is 482 g/mol. The van der Waals surface area contributed by atoms with Crippen LogP contribution in [0, 0.1) is 0 Å². The van der Waals surface area contributed by atoms with Crippen LogP contribution in [-0.4, -0.2) is 49.1 Å². The number of rotatable bonds is 7. The lowest BCUT2D eigenvalue weighted by molar-refractivity contribution is -0.138. The van der Waals surface area contributed by atoms with E-state index < -0.39 is 17.4 Å². The Morgan fingerprint density at radius 3 is 2.39 bits per heavy atom. The Bertz CT molecular complexity index is 1110. The maximum absolute atomic E-state index is 13.2. The SMILES string of the molecule is Cl.O=c1ccc2ccc(OCCCN3CCN(Cc4ccccc4C(F)(F)F)CC3)cc2o1. The van der Waals surface area contributed by atoms with Crippen LogP contribution in [0.25, 0.3) is 11.0 Å². The van der Waals surface area contributed by atoms with Gasteiger partial charge in [0.15, 0.2) is 0 Å². The molecule has 0 N–H and O–H groups in total. The maximum Gasteiger partial charge on any atom is 0.416 e. The third kappa shape index (κ3) is 6.72. The van der Waals surface area contributed by atoms with Gasteiger partial charge in [-0.2, -0.15) is 13.2 Å². The fraction of sp³-hybridized carbons (Fsp3) is 0.375. The second-order valence-electron chi connectivity index (χ2n) is 7.93. The maximum atomic E-state index is 13.2. The summed E-state index contributed by atoms with van der Waals surface area (Å²) in [5.74, 6) is 0.653. The molecule has 3 aromatic rings. The predicted octanol–water partition coefficient (Wildman–Crippen LogP) is 4.82. The Morgan fingerprint density at radius 1 is 0.939 bits per heavy atom.